The first kappa shape index (κ1) is 23.0. The molecule has 1 aromatic heterocycles. The van der Waals surface area contributed by atoms with Gasteiger partial charge < -0.3 is 15.4 Å². The van der Waals surface area contributed by atoms with Gasteiger partial charge >= 0.3 is 0 Å². The maximum absolute atomic E-state index is 13.1. The van der Waals surface area contributed by atoms with Crippen LogP contribution < -0.4 is 15.4 Å². The van der Waals surface area contributed by atoms with Crippen LogP contribution in [-0.4, -0.2) is 42.3 Å². The Bertz CT molecular complexity index is 1010. The summed E-state index contributed by atoms with van der Waals surface area (Å²) in [5.74, 6) is -0.233. The molecule has 0 radical (unpaired) electrons. The zero-order valence-corrected chi connectivity index (χ0v) is 18.9. The number of pyridine rings is 1. The van der Waals surface area contributed by atoms with Gasteiger partial charge in [0, 0.05) is 43.1 Å². The van der Waals surface area contributed by atoms with Crippen molar-refractivity contribution in [2.45, 2.75) is 57.4 Å². The van der Waals surface area contributed by atoms with Gasteiger partial charge in [-0.15, -0.1) is 0 Å². The lowest BCUT2D eigenvalue weighted by atomic mass is 9.85. The van der Waals surface area contributed by atoms with Gasteiger partial charge in [0.25, 0.3) is 0 Å². The van der Waals surface area contributed by atoms with E-state index in [-0.39, 0.29) is 29.9 Å². The van der Waals surface area contributed by atoms with E-state index in [2.05, 4.69) is 21.7 Å². The summed E-state index contributed by atoms with van der Waals surface area (Å²) in [4.78, 5) is 42.4. The number of nitrogens with zero attached hydrogens (tertiary/aromatic N) is 2. The van der Waals surface area contributed by atoms with Crippen molar-refractivity contribution in [3.05, 3.63) is 29.0 Å². The van der Waals surface area contributed by atoms with Gasteiger partial charge in [-0.2, -0.15) is 5.26 Å². The Kier molecular flexibility index (Phi) is 7.07. The molecule has 0 aromatic carbocycles. The minimum Gasteiger partial charge on any atom is -0.481 e. The Morgan fingerprint density at radius 1 is 1.33 bits per heavy atom. The summed E-state index contributed by atoms with van der Waals surface area (Å²) in [6.07, 6.45) is 8.73. The molecule has 1 aliphatic heterocycles. The van der Waals surface area contributed by atoms with Crippen molar-refractivity contribution in [1.29, 1.82) is 5.26 Å². The summed E-state index contributed by atoms with van der Waals surface area (Å²) in [5, 5.41) is 15.4. The van der Waals surface area contributed by atoms with Crippen molar-refractivity contribution in [2.75, 3.05) is 13.7 Å². The maximum Gasteiger partial charge on any atom is 0.248 e. The molecule has 8 nitrogen and oxygen atoms in total. The van der Waals surface area contributed by atoms with Gasteiger partial charge in [-0.25, -0.2) is 4.98 Å². The van der Waals surface area contributed by atoms with E-state index >= 15 is 0 Å². The highest BCUT2D eigenvalue weighted by atomic mass is 16.5. The molecule has 0 bridgehead atoms. The number of methoxy groups -OCH3 is 1. The van der Waals surface area contributed by atoms with E-state index in [1.165, 1.54) is 0 Å². The second-order valence-electron chi connectivity index (χ2n) is 9.34. The van der Waals surface area contributed by atoms with E-state index in [0.29, 0.717) is 43.2 Å². The second kappa shape index (κ2) is 10.2. The van der Waals surface area contributed by atoms with E-state index in [9.17, 15) is 19.6 Å². The Balaban J connectivity index is 1.38. The van der Waals surface area contributed by atoms with Crippen LogP contribution in [0.25, 0.3) is 6.08 Å². The highest BCUT2D eigenvalue weighted by Crippen LogP contribution is 2.35. The summed E-state index contributed by atoms with van der Waals surface area (Å²) >= 11 is 0. The average Bonchev–Trinajstić information content (AvgIpc) is 3.53. The van der Waals surface area contributed by atoms with Crippen LogP contribution in [0.1, 0.15) is 56.1 Å². The number of nitrogens with one attached hydrogen (secondary N) is 2. The van der Waals surface area contributed by atoms with Crippen LogP contribution in [0.15, 0.2) is 17.8 Å². The van der Waals surface area contributed by atoms with Crippen LogP contribution >= 0.6 is 0 Å². The highest BCUT2D eigenvalue weighted by Gasteiger charge is 2.34. The predicted octanol–water partition coefficient (Wildman–Crippen LogP) is 2.33. The average molecular weight is 451 g/mol. The molecule has 1 saturated carbocycles. The number of amides is 2. The Morgan fingerprint density at radius 2 is 2.15 bits per heavy atom. The molecule has 2 heterocycles. The largest absolute Gasteiger partial charge is 0.481 e. The predicted molar refractivity (Wildman–Crippen MR) is 121 cm³/mol. The zero-order valence-electron chi connectivity index (χ0n) is 18.9. The highest BCUT2D eigenvalue weighted by molar-refractivity contribution is 6.02. The van der Waals surface area contributed by atoms with Crippen LogP contribution in [-0.2, 0) is 20.8 Å². The Labute approximate surface area is 193 Å². The summed E-state index contributed by atoms with van der Waals surface area (Å²) < 4.78 is 5.16. The first-order valence-electron chi connectivity index (χ1n) is 11.7. The minimum atomic E-state index is -0.613. The van der Waals surface area contributed by atoms with E-state index in [1.54, 1.807) is 19.4 Å². The number of nitriles is 1. The van der Waals surface area contributed by atoms with Gasteiger partial charge in [0.2, 0.25) is 17.7 Å². The molecule has 3 atom stereocenters. The lowest BCUT2D eigenvalue weighted by Gasteiger charge is -2.24. The quantitative estimate of drug-likeness (QED) is 0.564. The number of piperidine rings is 1. The van der Waals surface area contributed by atoms with E-state index in [0.717, 1.165) is 36.8 Å². The van der Waals surface area contributed by atoms with Crippen molar-refractivity contribution < 1.29 is 19.1 Å². The maximum atomic E-state index is 13.1. The number of aromatic nitrogens is 1. The lowest BCUT2D eigenvalue weighted by molar-refractivity contribution is -0.128. The van der Waals surface area contributed by atoms with Crippen LogP contribution in [0.3, 0.4) is 0 Å². The van der Waals surface area contributed by atoms with Gasteiger partial charge in [0.05, 0.1) is 25.1 Å². The van der Waals surface area contributed by atoms with Crippen LogP contribution in [0.5, 0.6) is 5.88 Å². The summed E-state index contributed by atoms with van der Waals surface area (Å²) in [6.45, 7) is 0.670. The van der Waals surface area contributed by atoms with Gasteiger partial charge in [-0.3, -0.25) is 14.4 Å². The molecule has 1 aromatic rings. The zero-order chi connectivity index (χ0) is 23.4. The molecule has 3 aliphatic rings. The third kappa shape index (κ3) is 5.78. The number of carbonyl (C=O) groups is 3. The Hall–Kier alpha value is -3.21. The van der Waals surface area contributed by atoms with E-state index in [4.69, 9.17) is 4.74 Å². The number of Topliss-reactive ketones (excluding diaryl/α,β-unsaturated/α-hetero) is 1. The van der Waals surface area contributed by atoms with Crippen molar-refractivity contribution in [3.8, 4) is 11.9 Å². The molecule has 2 amide bonds. The molecule has 2 aliphatic carbocycles. The molecule has 4 rings (SSSR count). The van der Waals surface area contributed by atoms with E-state index in [1.807, 2.05) is 6.07 Å². The third-order valence-corrected chi connectivity index (χ3v) is 6.77. The SMILES string of the molecule is COc1cc2c(cn1)C=C(C(=O)N[C@@H](CC1CC1)C(=O)C[C@H](C#N)C[C@@H]1CCCNC1=O)C2. The smallest absolute Gasteiger partial charge is 0.248 e. The first-order chi connectivity index (χ1) is 16.0. The number of ether oxygens (including phenoxy) is 1. The van der Waals surface area contributed by atoms with E-state index < -0.39 is 12.0 Å². The number of fused-ring (bicyclic) bond motifs is 1. The minimum absolute atomic E-state index is 0.0318. The topological polar surface area (TPSA) is 121 Å². The fraction of sp³-hybridized carbons (Fsp3) is 0.560. The van der Waals surface area contributed by atoms with Gasteiger partial charge in [0.15, 0.2) is 5.78 Å². The summed E-state index contributed by atoms with van der Waals surface area (Å²) in [6, 6.07) is 3.42. The molecule has 1 saturated heterocycles. The molecule has 33 heavy (non-hydrogen) atoms. The molecule has 0 spiro atoms. The number of carbonyl (C=O) groups excluding carboxylic acids is 3. The molecule has 8 heteroatoms. The number of hydrogen-bond donors (Lipinski definition) is 2. The number of hydrogen-bond acceptors (Lipinski definition) is 6. The molecule has 2 N–H and O–H groups in total. The first-order valence-corrected chi connectivity index (χ1v) is 11.7. The summed E-state index contributed by atoms with van der Waals surface area (Å²) in [7, 11) is 1.55. The lowest BCUT2D eigenvalue weighted by Crippen LogP contribution is -2.43. The van der Waals surface area contributed by atoms with Gasteiger partial charge in [-0.05, 0) is 48.8 Å². The molecule has 174 valence electrons. The Morgan fingerprint density at radius 3 is 2.85 bits per heavy atom. The van der Waals surface area contributed by atoms with Crippen LogP contribution in [0.4, 0.5) is 0 Å². The monoisotopic (exact) mass is 450 g/mol. The normalized spacial score (nSPS) is 21.2. The fourth-order valence-electron chi connectivity index (χ4n) is 4.65. The van der Waals surface area contributed by atoms with Crippen molar-refractivity contribution >= 4 is 23.7 Å². The van der Waals surface area contributed by atoms with Gasteiger partial charge in [-0.1, -0.05) is 12.8 Å². The summed E-state index contributed by atoms with van der Waals surface area (Å²) in [5.41, 5.74) is 2.43. The third-order valence-electron chi connectivity index (χ3n) is 6.77. The van der Waals surface area contributed by atoms with Crippen molar-refractivity contribution in [2.24, 2.45) is 17.8 Å². The van der Waals surface area contributed by atoms with Crippen LogP contribution in [0, 0.1) is 29.1 Å². The van der Waals surface area contributed by atoms with Gasteiger partial charge in [0.1, 0.15) is 0 Å². The number of ketones is 1. The van der Waals surface area contributed by atoms with Crippen molar-refractivity contribution in [3.63, 3.8) is 0 Å². The molecule has 0 unspecified atom stereocenters. The van der Waals surface area contributed by atoms with Crippen molar-refractivity contribution in [1.82, 2.24) is 15.6 Å². The molecular formula is C25H30N4O4. The second-order valence-corrected chi connectivity index (χ2v) is 9.34. The fourth-order valence-corrected chi connectivity index (χ4v) is 4.65. The van der Waals surface area contributed by atoms with Crippen LogP contribution in [0.2, 0.25) is 0 Å². The molecule has 2 fully saturated rings. The standard InChI is InChI=1S/C25H30N4O4/c1-33-23-12-18-10-19(11-20(18)14-28-23)25(32)29-21(8-15-4-5-15)22(30)9-16(13-26)7-17-3-2-6-27-24(17)31/h11-12,14-17,21H,2-10H2,1H3,(H,27,31)(H,29,32)/t16-,17+,21+/m1/s1. The molecular weight excluding hydrogens is 420 g/mol. The number of rotatable bonds is 10.